The fourth-order valence-corrected chi connectivity index (χ4v) is 5.70. The van der Waals surface area contributed by atoms with Gasteiger partial charge in [-0.1, -0.05) is 66.6 Å². The zero-order chi connectivity index (χ0) is 28.5. The Morgan fingerprint density at radius 3 is 2.49 bits per heavy atom. The first-order chi connectivity index (χ1) is 19.9. The summed E-state index contributed by atoms with van der Waals surface area (Å²) >= 11 is 13.6. The Kier molecular flexibility index (Phi) is 7.62. The van der Waals surface area contributed by atoms with Crippen LogP contribution < -0.4 is 14.8 Å². The van der Waals surface area contributed by atoms with E-state index in [0.29, 0.717) is 43.5 Å². The van der Waals surface area contributed by atoms with E-state index in [1.165, 1.54) is 15.9 Å². The summed E-state index contributed by atoms with van der Waals surface area (Å²) in [6.07, 6.45) is 4.76. The number of ether oxygens (including phenoxy) is 1. The molecule has 0 bridgehead atoms. The van der Waals surface area contributed by atoms with Crippen molar-refractivity contribution in [1.29, 1.82) is 0 Å². The van der Waals surface area contributed by atoms with Crippen molar-refractivity contribution in [3.63, 3.8) is 0 Å². The molecule has 41 heavy (non-hydrogen) atoms. The summed E-state index contributed by atoms with van der Waals surface area (Å²) in [6, 6.07) is 22.8. The molecule has 0 unspecified atom stereocenters. The minimum atomic E-state index is -0.263. The second kappa shape index (κ2) is 11.5. The molecule has 0 amide bonds. The summed E-state index contributed by atoms with van der Waals surface area (Å²) in [5, 5.41) is 10.3. The van der Waals surface area contributed by atoms with Crippen molar-refractivity contribution < 1.29 is 4.74 Å². The number of fused-ring (bicyclic) bond motifs is 1. The zero-order valence-corrected chi connectivity index (χ0v) is 24.6. The zero-order valence-electron chi connectivity index (χ0n) is 22.3. The second-order valence-electron chi connectivity index (χ2n) is 9.94. The number of thiazole rings is 1. The average Bonchev–Trinajstić information content (AvgIpc) is 3.64. The number of nitrogens with zero attached hydrogens (tertiary/aromatic N) is 5. The van der Waals surface area contributed by atoms with E-state index in [1.54, 1.807) is 18.2 Å². The smallest absolute Gasteiger partial charge is 0.291 e. The van der Waals surface area contributed by atoms with Gasteiger partial charge < -0.3 is 4.74 Å². The number of hydrogen-bond donors (Lipinski definition) is 0. The van der Waals surface area contributed by atoms with Gasteiger partial charge >= 0.3 is 0 Å². The van der Waals surface area contributed by atoms with Crippen LogP contribution in [0.2, 0.25) is 10.0 Å². The van der Waals surface area contributed by atoms with Crippen molar-refractivity contribution in [2.75, 3.05) is 6.61 Å². The molecule has 3 aromatic heterocycles. The van der Waals surface area contributed by atoms with Gasteiger partial charge in [-0.15, -0.1) is 5.10 Å². The third-order valence-corrected chi connectivity index (χ3v) is 8.00. The van der Waals surface area contributed by atoms with Crippen LogP contribution in [0.3, 0.4) is 0 Å². The molecule has 3 heterocycles. The Bertz CT molecular complexity index is 1950. The van der Waals surface area contributed by atoms with Crippen LogP contribution in [0.4, 0.5) is 0 Å². The highest BCUT2D eigenvalue weighted by molar-refractivity contribution is 7.15. The van der Waals surface area contributed by atoms with E-state index in [4.69, 9.17) is 33.0 Å². The lowest BCUT2D eigenvalue weighted by molar-refractivity contribution is 0.289. The van der Waals surface area contributed by atoms with Crippen molar-refractivity contribution in [2.45, 2.75) is 20.3 Å². The van der Waals surface area contributed by atoms with Crippen molar-refractivity contribution in [2.24, 2.45) is 5.92 Å². The molecule has 6 rings (SSSR count). The Labute approximate surface area is 250 Å². The first-order valence-electron chi connectivity index (χ1n) is 13.1. The Morgan fingerprint density at radius 1 is 1.00 bits per heavy atom. The first-order valence-corrected chi connectivity index (χ1v) is 14.7. The molecule has 0 radical (unpaired) electrons. The standard InChI is InChI=1S/C31H25Cl2N5O2S/c1-19(2)14-15-40-24-11-8-20(9-12-24)28-21(18-37(35-28)23-6-4-3-5-7-23)16-27-30(39)38-31(41-27)34-29(36-38)25-13-10-22(32)17-26(25)33/h3-13,16-19H,14-15H2,1-2H3. The largest absolute Gasteiger partial charge is 0.494 e. The van der Waals surface area contributed by atoms with Crippen LogP contribution in [0.25, 0.3) is 39.4 Å². The molecule has 3 aromatic carbocycles. The highest BCUT2D eigenvalue weighted by Gasteiger charge is 2.16. The van der Waals surface area contributed by atoms with Crippen LogP contribution in [-0.2, 0) is 0 Å². The molecular formula is C31H25Cl2N5O2S. The summed E-state index contributed by atoms with van der Waals surface area (Å²) in [5.41, 5.74) is 3.71. The van der Waals surface area contributed by atoms with Crippen molar-refractivity contribution in [3.05, 3.63) is 109 Å². The topological polar surface area (TPSA) is 74.3 Å². The Hall–Kier alpha value is -3.98. The van der Waals surface area contributed by atoms with Gasteiger partial charge in [0.25, 0.3) is 5.56 Å². The molecule has 0 aliphatic carbocycles. The van der Waals surface area contributed by atoms with E-state index < -0.39 is 0 Å². The van der Waals surface area contributed by atoms with Gasteiger partial charge in [-0.25, -0.2) is 4.68 Å². The molecule has 7 nitrogen and oxygen atoms in total. The molecule has 0 N–H and O–H groups in total. The normalized spacial score (nSPS) is 12.1. The van der Waals surface area contributed by atoms with Crippen LogP contribution >= 0.6 is 34.5 Å². The monoisotopic (exact) mass is 601 g/mol. The molecule has 0 spiro atoms. The van der Waals surface area contributed by atoms with Crippen molar-refractivity contribution >= 4 is 45.6 Å². The number of benzene rings is 3. The van der Waals surface area contributed by atoms with Gasteiger partial charge in [-0.05, 0) is 73.0 Å². The minimum Gasteiger partial charge on any atom is -0.494 e. The Morgan fingerprint density at radius 2 is 1.78 bits per heavy atom. The lowest BCUT2D eigenvalue weighted by Gasteiger charge is -2.08. The van der Waals surface area contributed by atoms with Crippen LogP contribution in [0.15, 0.2) is 83.8 Å². The molecular weight excluding hydrogens is 577 g/mol. The SMILES string of the molecule is CC(C)CCOc1ccc(-c2nn(-c3ccccc3)cc2C=c2sc3nc(-c4ccc(Cl)cc4Cl)nn3c2=O)cc1. The van der Waals surface area contributed by atoms with E-state index in [1.807, 2.05) is 71.6 Å². The van der Waals surface area contributed by atoms with Gasteiger partial charge in [-0.3, -0.25) is 4.79 Å². The van der Waals surface area contributed by atoms with E-state index in [-0.39, 0.29) is 5.56 Å². The number of halogens is 2. The molecule has 0 fully saturated rings. The summed E-state index contributed by atoms with van der Waals surface area (Å²) in [5.74, 6) is 1.76. The molecule has 10 heteroatoms. The Balaban J connectivity index is 1.39. The molecule has 0 saturated carbocycles. The fourth-order valence-electron chi connectivity index (χ4n) is 4.31. The number of para-hydroxylation sites is 1. The van der Waals surface area contributed by atoms with Crippen molar-refractivity contribution in [3.8, 4) is 34.1 Å². The molecule has 6 aromatic rings. The van der Waals surface area contributed by atoms with Gasteiger partial charge in [0.1, 0.15) is 11.4 Å². The molecule has 0 aliphatic rings. The van der Waals surface area contributed by atoms with E-state index in [0.717, 1.165) is 34.7 Å². The van der Waals surface area contributed by atoms with Crippen LogP contribution in [0.5, 0.6) is 5.75 Å². The average molecular weight is 603 g/mol. The maximum atomic E-state index is 13.4. The van der Waals surface area contributed by atoms with Gasteiger partial charge in [0.15, 0.2) is 5.82 Å². The third kappa shape index (κ3) is 5.77. The van der Waals surface area contributed by atoms with Gasteiger partial charge in [0, 0.05) is 27.9 Å². The summed E-state index contributed by atoms with van der Waals surface area (Å²) in [7, 11) is 0. The molecule has 0 atom stereocenters. The van der Waals surface area contributed by atoms with Crippen molar-refractivity contribution in [1.82, 2.24) is 24.4 Å². The quantitative estimate of drug-likeness (QED) is 0.189. The fraction of sp³-hybridized carbons (Fsp3) is 0.161. The maximum absolute atomic E-state index is 13.4. The molecule has 0 aliphatic heterocycles. The summed E-state index contributed by atoms with van der Waals surface area (Å²) in [4.78, 5) is 18.4. The number of aromatic nitrogens is 5. The summed E-state index contributed by atoms with van der Waals surface area (Å²) < 4.78 is 9.52. The van der Waals surface area contributed by atoms with E-state index in [9.17, 15) is 4.79 Å². The second-order valence-corrected chi connectivity index (χ2v) is 11.8. The summed E-state index contributed by atoms with van der Waals surface area (Å²) in [6.45, 7) is 5.03. The number of hydrogen-bond acceptors (Lipinski definition) is 6. The lowest BCUT2D eigenvalue weighted by atomic mass is 10.1. The minimum absolute atomic E-state index is 0.263. The van der Waals surface area contributed by atoms with E-state index in [2.05, 4.69) is 23.9 Å². The van der Waals surface area contributed by atoms with Gasteiger partial charge in [0.05, 0.1) is 21.8 Å². The van der Waals surface area contributed by atoms with E-state index >= 15 is 0 Å². The third-order valence-electron chi connectivity index (χ3n) is 6.50. The highest BCUT2D eigenvalue weighted by Crippen LogP contribution is 2.29. The van der Waals surface area contributed by atoms with Crippen LogP contribution in [-0.4, -0.2) is 31.0 Å². The maximum Gasteiger partial charge on any atom is 0.291 e. The first kappa shape index (κ1) is 27.2. The molecule has 206 valence electrons. The lowest BCUT2D eigenvalue weighted by Crippen LogP contribution is -2.23. The number of rotatable bonds is 8. The van der Waals surface area contributed by atoms with Gasteiger partial charge in [-0.2, -0.15) is 14.6 Å². The van der Waals surface area contributed by atoms with Crippen LogP contribution in [0.1, 0.15) is 25.8 Å². The highest BCUT2D eigenvalue weighted by atomic mass is 35.5. The predicted octanol–water partition coefficient (Wildman–Crippen LogP) is 6.95. The van der Waals surface area contributed by atoms with Gasteiger partial charge in [0.2, 0.25) is 4.96 Å². The molecule has 0 saturated heterocycles. The predicted molar refractivity (Wildman–Crippen MR) is 165 cm³/mol. The van der Waals surface area contributed by atoms with Crippen LogP contribution in [0, 0.1) is 5.92 Å².